The Kier molecular flexibility index (Phi) is 27.6. The minimum Gasteiger partial charge on any atom is -0.394 e. The number of ether oxygens (including phenoxy) is 1. The molecule has 0 aromatic rings. The van der Waals surface area contributed by atoms with Crippen molar-refractivity contribution in [3.8, 4) is 0 Å². The van der Waals surface area contributed by atoms with Gasteiger partial charge in [-0.05, 0) is 12.8 Å². The van der Waals surface area contributed by atoms with Crippen LogP contribution in [0.15, 0.2) is 0 Å². The number of nitrogens with zero attached hydrogens (tertiary/aromatic N) is 1. The van der Waals surface area contributed by atoms with Gasteiger partial charge in [0.1, 0.15) is 24.4 Å². The van der Waals surface area contributed by atoms with Gasteiger partial charge in [0.05, 0.1) is 6.61 Å². The first-order valence-corrected chi connectivity index (χ1v) is 19.6. The number of aliphatic hydroxyl groups excluding tert-OH is 4. The van der Waals surface area contributed by atoms with Crippen molar-refractivity contribution in [2.75, 3.05) is 13.2 Å². The minimum absolute atomic E-state index is 0.0868. The van der Waals surface area contributed by atoms with Crippen LogP contribution < -0.4 is 0 Å². The smallest absolute Gasteiger partial charge is 0.224 e. The number of carbonyl (C=O) groups excluding carboxylic acids is 1. The molecule has 0 bridgehead atoms. The standard InChI is InChI=1S/C38H75NO6/c1-3-5-7-9-11-13-15-16-17-18-19-21-23-25-27-29-31-39(38-37(44)36(43)35(42)33(32-40)45-38)34(41)30-28-26-24-22-20-14-12-10-8-6-4-2/h33,35-38,40,42-44H,3-32H2,1-2H3/t33-,35-,36+,37-,38-/m1/s1. The molecule has 1 heterocycles. The van der Waals surface area contributed by atoms with Crippen molar-refractivity contribution in [1.29, 1.82) is 0 Å². The zero-order chi connectivity index (χ0) is 33.0. The summed E-state index contributed by atoms with van der Waals surface area (Å²) in [5, 5.41) is 41.0. The minimum atomic E-state index is -1.47. The van der Waals surface area contributed by atoms with E-state index in [0.29, 0.717) is 13.0 Å². The van der Waals surface area contributed by atoms with E-state index in [0.717, 1.165) is 38.5 Å². The molecule has 5 atom stereocenters. The van der Waals surface area contributed by atoms with Crippen molar-refractivity contribution >= 4 is 5.91 Å². The van der Waals surface area contributed by atoms with Gasteiger partial charge in [-0.3, -0.25) is 4.79 Å². The zero-order valence-electron chi connectivity index (χ0n) is 29.7. The maximum Gasteiger partial charge on any atom is 0.224 e. The van der Waals surface area contributed by atoms with Gasteiger partial charge in [-0.1, -0.05) is 174 Å². The summed E-state index contributed by atoms with van der Waals surface area (Å²) in [6.07, 6.45) is 27.8. The number of carbonyl (C=O) groups is 1. The van der Waals surface area contributed by atoms with Crippen molar-refractivity contribution in [2.45, 2.75) is 224 Å². The molecule has 1 aliphatic rings. The predicted molar refractivity (Wildman–Crippen MR) is 186 cm³/mol. The molecule has 1 fully saturated rings. The van der Waals surface area contributed by atoms with Crippen molar-refractivity contribution < 1.29 is 30.0 Å². The van der Waals surface area contributed by atoms with Crippen LogP contribution in [0, 0.1) is 0 Å². The molecule has 0 aliphatic carbocycles. The lowest BCUT2D eigenvalue weighted by molar-refractivity contribution is -0.262. The predicted octanol–water partition coefficient (Wildman–Crippen LogP) is 8.58. The Morgan fingerprint density at radius 1 is 0.511 bits per heavy atom. The average Bonchev–Trinajstić information content (AvgIpc) is 3.04. The van der Waals surface area contributed by atoms with Gasteiger partial charge in [0.15, 0.2) is 6.23 Å². The van der Waals surface area contributed by atoms with Gasteiger partial charge in [-0.15, -0.1) is 0 Å². The molecule has 0 radical (unpaired) electrons. The summed E-state index contributed by atoms with van der Waals surface area (Å²) in [5.74, 6) is -0.0868. The van der Waals surface area contributed by atoms with Crippen LogP contribution in [0.25, 0.3) is 0 Å². The molecule has 0 aromatic heterocycles. The monoisotopic (exact) mass is 642 g/mol. The molecule has 0 aromatic carbocycles. The lowest BCUT2D eigenvalue weighted by Crippen LogP contribution is -2.64. The molecule has 7 heteroatoms. The zero-order valence-corrected chi connectivity index (χ0v) is 29.7. The fourth-order valence-electron chi connectivity index (χ4n) is 6.65. The Bertz CT molecular complexity index is 662. The van der Waals surface area contributed by atoms with Gasteiger partial charge >= 0.3 is 0 Å². The van der Waals surface area contributed by atoms with Gasteiger partial charge in [-0.25, -0.2) is 0 Å². The van der Waals surface area contributed by atoms with E-state index in [1.54, 1.807) is 4.90 Å². The summed E-state index contributed by atoms with van der Waals surface area (Å²) in [6, 6.07) is 0. The van der Waals surface area contributed by atoms with E-state index in [1.807, 2.05) is 0 Å². The van der Waals surface area contributed by atoms with Gasteiger partial charge in [0.2, 0.25) is 5.91 Å². The highest BCUT2D eigenvalue weighted by Crippen LogP contribution is 2.25. The lowest BCUT2D eigenvalue weighted by atomic mass is 9.97. The molecular formula is C38H75NO6. The second-order valence-electron chi connectivity index (χ2n) is 13.9. The number of hydrogen-bond donors (Lipinski definition) is 4. The van der Waals surface area contributed by atoms with Gasteiger partial charge in [0.25, 0.3) is 0 Å². The highest BCUT2D eigenvalue weighted by atomic mass is 16.6. The molecular weight excluding hydrogens is 566 g/mol. The van der Waals surface area contributed by atoms with Crippen LogP contribution >= 0.6 is 0 Å². The molecule has 1 rings (SSSR count). The van der Waals surface area contributed by atoms with Crippen molar-refractivity contribution in [3.05, 3.63) is 0 Å². The quantitative estimate of drug-likeness (QED) is 0.0565. The van der Waals surface area contributed by atoms with Crippen LogP contribution in [0.4, 0.5) is 0 Å². The summed E-state index contributed by atoms with van der Waals surface area (Å²) in [6.45, 7) is 4.47. The Morgan fingerprint density at radius 3 is 1.24 bits per heavy atom. The van der Waals surface area contributed by atoms with Crippen LogP contribution in [0.5, 0.6) is 0 Å². The molecule has 0 spiro atoms. The highest BCUT2D eigenvalue weighted by Gasteiger charge is 2.46. The first kappa shape index (κ1) is 42.3. The van der Waals surface area contributed by atoms with E-state index in [1.165, 1.54) is 135 Å². The van der Waals surface area contributed by atoms with Gasteiger partial charge in [0, 0.05) is 13.0 Å². The Morgan fingerprint density at radius 2 is 0.867 bits per heavy atom. The van der Waals surface area contributed by atoms with Crippen LogP contribution in [0.3, 0.4) is 0 Å². The molecule has 268 valence electrons. The topological polar surface area (TPSA) is 110 Å². The third-order valence-corrected chi connectivity index (χ3v) is 9.74. The van der Waals surface area contributed by atoms with Gasteiger partial charge in [-0.2, -0.15) is 0 Å². The van der Waals surface area contributed by atoms with E-state index in [4.69, 9.17) is 4.74 Å². The maximum absolute atomic E-state index is 13.4. The third kappa shape index (κ3) is 20.3. The largest absolute Gasteiger partial charge is 0.394 e. The van der Waals surface area contributed by atoms with E-state index in [-0.39, 0.29) is 5.91 Å². The highest BCUT2D eigenvalue weighted by molar-refractivity contribution is 5.76. The molecule has 1 amide bonds. The van der Waals surface area contributed by atoms with Crippen LogP contribution in [-0.2, 0) is 9.53 Å². The Labute approximate surface area is 277 Å². The van der Waals surface area contributed by atoms with E-state index in [9.17, 15) is 25.2 Å². The number of amides is 1. The fourth-order valence-corrected chi connectivity index (χ4v) is 6.65. The normalized spacial score (nSPS) is 21.8. The molecule has 45 heavy (non-hydrogen) atoms. The fraction of sp³-hybridized carbons (Fsp3) is 0.974. The number of hydrogen-bond acceptors (Lipinski definition) is 6. The first-order chi connectivity index (χ1) is 22.0. The number of aliphatic hydroxyl groups is 4. The van der Waals surface area contributed by atoms with Crippen molar-refractivity contribution in [1.82, 2.24) is 4.90 Å². The molecule has 7 nitrogen and oxygen atoms in total. The maximum atomic E-state index is 13.4. The lowest BCUT2D eigenvalue weighted by Gasteiger charge is -2.44. The van der Waals surface area contributed by atoms with Crippen LogP contribution in [0.1, 0.15) is 194 Å². The Balaban J connectivity index is 2.32. The SMILES string of the molecule is CCCCCCCCCCCCCCCCCCN(C(=O)CCCCCCCCCCCCC)[C@@H]1O[C@H](CO)[C@@H](O)[C@H](O)[C@H]1O. The summed E-state index contributed by atoms with van der Waals surface area (Å²) in [7, 11) is 0. The third-order valence-electron chi connectivity index (χ3n) is 9.74. The summed E-state index contributed by atoms with van der Waals surface area (Å²) >= 11 is 0. The van der Waals surface area contributed by atoms with E-state index in [2.05, 4.69) is 13.8 Å². The number of rotatable bonds is 31. The summed E-state index contributed by atoms with van der Waals surface area (Å²) in [4.78, 5) is 14.9. The van der Waals surface area contributed by atoms with E-state index >= 15 is 0 Å². The number of unbranched alkanes of at least 4 members (excludes halogenated alkanes) is 25. The van der Waals surface area contributed by atoms with Crippen LogP contribution in [0.2, 0.25) is 0 Å². The molecule has 1 saturated heterocycles. The summed E-state index contributed by atoms with van der Waals surface area (Å²) in [5.41, 5.74) is 0. The molecule has 4 N–H and O–H groups in total. The molecule has 0 saturated carbocycles. The average molecular weight is 642 g/mol. The molecule has 1 aliphatic heterocycles. The van der Waals surface area contributed by atoms with Crippen LogP contribution in [-0.4, -0.2) is 75.0 Å². The second-order valence-corrected chi connectivity index (χ2v) is 13.9. The van der Waals surface area contributed by atoms with Crippen molar-refractivity contribution in [2.24, 2.45) is 0 Å². The first-order valence-electron chi connectivity index (χ1n) is 19.6. The van der Waals surface area contributed by atoms with Crippen molar-refractivity contribution in [3.63, 3.8) is 0 Å². The second kappa shape index (κ2) is 29.4. The summed E-state index contributed by atoms with van der Waals surface area (Å²) < 4.78 is 5.80. The van der Waals surface area contributed by atoms with Gasteiger partial charge < -0.3 is 30.1 Å². The molecule has 0 unspecified atom stereocenters. The Hall–Kier alpha value is -0.730. The van der Waals surface area contributed by atoms with E-state index < -0.39 is 37.3 Å².